The van der Waals surface area contributed by atoms with Crippen LogP contribution in [0.5, 0.6) is 0 Å². The molecule has 1 aromatic carbocycles. The molecule has 2 atom stereocenters. The van der Waals surface area contributed by atoms with Crippen LogP contribution in [0.1, 0.15) is 35.1 Å². The number of benzene rings is 1. The van der Waals surface area contributed by atoms with Gasteiger partial charge in [-0.05, 0) is 44.4 Å². The van der Waals surface area contributed by atoms with Crippen molar-refractivity contribution < 1.29 is 14.3 Å². The van der Waals surface area contributed by atoms with Gasteiger partial charge in [0.25, 0.3) is 5.91 Å². The first-order chi connectivity index (χ1) is 14.5. The van der Waals surface area contributed by atoms with Gasteiger partial charge in [0, 0.05) is 30.9 Å². The van der Waals surface area contributed by atoms with Gasteiger partial charge in [-0.25, -0.2) is 0 Å². The first-order valence-electron chi connectivity index (χ1n) is 10.3. The lowest BCUT2D eigenvalue weighted by Crippen LogP contribution is -2.33. The largest absolute Gasteiger partial charge is 0.466 e. The van der Waals surface area contributed by atoms with E-state index in [-0.39, 0.29) is 23.7 Å². The molecule has 4 rings (SSSR count). The number of pyridine rings is 1. The Balaban J connectivity index is 1.56. The summed E-state index contributed by atoms with van der Waals surface area (Å²) >= 11 is 0. The summed E-state index contributed by atoms with van der Waals surface area (Å²) in [6.45, 7) is 5.04. The predicted octanol–water partition coefficient (Wildman–Crippen LogP) is 3.12. The summed E-state index contributed by atoms with van der Waals surface area (Å²) in [5.74, 6) is -0.284. The minimum absolute atomic E-state index is 0.105. The SMILES string of the molecule is CCOC(=O)[C@H]1C[C@@H]1CN(Cc1cc(C)n(C)n1)C(=O)c1cnc2ccccc2c1. The highest BCUT2D eigenvalue weighted by Gasteiger charge is 2.45. The summed E-state index contributed by atoms with van der Waals surface area (Å²) < 4.78 is 6.94. The van der Waals surface area contributed by atoms with Crippen LogP contribution in [0.25, 0.3) is 10.9 Å². The lowest BCUT2D eigenvalue weighted by atomic mass is 10.1. The quantitative estimate of drug-likeness (QED) is 0.564. The van der Waals surface area contributed by atoms with Crippen molar-refractivity contribution in [1.82, 2.24) is 19.7 Å². The number of carbonyl (C=O) groups is 2. The zero-order chi connectivity index (χ0) is 21.3. The first-order valence-corrected chi connectivity index (χ1v) is 10.3. The molecule has 0 saturated heterocycles. The van der Waals surface area contributed by atoms with Crippen molar-refractivity contribution in [2.45, 2.75) is 26.8 Å². The van der Waals surface area contributed by atoms with Crippen molar-refractivity contribution in [2.75, 3.05) is 13.2 Å². The van der Waals surface area contributed by atoms with Gasteiger partial charge in [-0.15, -0.1) is 0 Å². The lowest BCUT2D eigenvalue weighted by molar-refractivity contribution is -0.145. The molecule has 1 aliphatic rings. The van der Waals surface area contributed by atoms with Gasteiger partial charge in [0.2, 0.25) is 0 Å². The lowest BCUT2D eigenvalue weighted by Gasteiger charge is -2.22. The molecule has 3 aromatic rings. The molecule has 0 bridgehead atoms. The number of hydrogen-bond donors (Lipinski definition) is 0. The Morgan fingerprint density at radius 1 is 1.27 bits per heavy atom. The van der Waals surface area contributed by atoms with E-state index in [0.29, 0.717) is 25.3 Å². The topological polar surface area (TPSA) is 77.3 Å². The Kier molecular flexibility index (Phi) is 5.53. The van der Waals surface area contributed by atoms with Gasteiger partial charge < -0.3 is 9.64 Å². The molecule has 0 unspecified atom stereocenters. The molecule has 0 radical (unpaired) electrons. The van der Waals surface area contributed by atoms with E-state index in [0.717, 1.165) is 28.7 Å². The van der Waals surface area contributed by atoms with E-state index >= 15 is 0 Å². The molecule has 2 heterocycles. The van der Waals surface area contributed by atoms with Crippen LogP contribution in [-0.4, -0.2) is 44.7 Å². The number of rotatable bonds is 7. The molecule has 1 saturated carbocycles. The normalized spacial score (nSPS) is 17.7. The third-order valence-electron chi connectivity index (χ3n) is 5.61. The van der Waals surface area contributed by atoms with Crippen LogP contribution < -0.4 is 0 Å². The molecule has 0 aliphatic heterocycles. The maximum Gasteiger partial charge on any atom is 0.309 e. The fourth-order valence-electron chi connectivity index (χ4n) is 3.77. The second kappa shape index (κ2) is 8.26. The van der Waals surface area contributed by atoms with Gasteiger partial charge in [-0.3, -0.25) is 19.3 Å². The van der Waals surface area contributed by atoms with Gasteiger partial charge >= 0.3 is 5.97 Å². The van der Waals surface area contributed by atoms with Crippen molar-refractivity contribution >= 4 is 22.8 Å². The number of para-hydroxylation sites is 1. The molecule has 1 aliphatic carbocycles. The Labute approximate surface area is 175 Å². The number of amides is 1. The van der Waals surface area contributed by atoms with Crippen molar-refractivity contribution in [3.63, 3.8) is 0 Å². The molecule has 7 heteroatoms. The molecular weight excluding hydrogens is 380 g/mol. The van der Waals surface area contributed by atoms with E-state index in [1.165, 1.54) is 0 Å². The molecule has 0 N–H and O–H groups in total. The van der Waals surface area contributed by atoms with Gasteiger partial charge in [0.1, 0.15) is 0 Å². The summed E-state index contributed by atoms with van der Waals surface area (Å²) in [5.41, 5.74) is 3.24. The average Bonchev–Trinajstić information content (AvgIpc) is 3.44. The number of esters is 1. The fraction of sp³-hybridized carbons (Fsp3) is 0.391. The number of aromatic nitrogens is 3. The zero-order valence-corrected chi connectivity index (χ0v) is 17.5. The second-order valence-corrected chi connectivity index (χ2v) is 7.86. The first kappa shape index (κ1) is 20.1. The molecule has 7 nitrogen and oxygen atoms in total. The summed E-state index contributed by atoms with van der Waals surface area (Å²) in [6, 6.07) is 11.6. The minimum Gasteiger partial charge on any atom is -0.466 e. The van der Waals surface area contributed by atoms with Crippen LogP contribution in [-0.2, 0) is 23.1 Å². The third-order valence-corrected chi connectivity index (χ3v) is 5.61. The predicted molar refractivity (Wildman–Crippen MR) is 113 cm³/mol. The van der Waals surface area contributed by atoms with Crippen molar-refractivity contribution in [3.8, 4) is 0 Å². The third kappa shape index (κ3) is 4.20. The number of carbonyl (C=O) groups excluding carboxylic acids is 2. The van der Waals surface area contributed by atoms with E-state index in [1.807, 2.05) is 50.4 Å². The highest BCUT2D eigenvalue weighted by Crippen LogP contribution is 2.40. The van der Waals surface area contributed by atoms with Crippen LogP contribution in [0.3, 0.4) is 0 Å². The van der Waals surface area contributed by atoms with E-state index in [1.54, 1.807) is 22.7 Å². The summed E-state index contributed by atoms with van der Waals surface area (Å²) in [6.07, 6.45) is 2.37. The number of ether oxygens (including phenoxy) is 1. The summed E-state index contributed by atoms with van der Waals surface area (Å²) in [4.78, 5) is 31.6. The summed E-state index contributed by atoms with van der Waals surface area (Å²) in [5, 5.41) is 5.43. The van der Waals surface area contributed by atoms with E-state index < -0.39 is 0 Å². The van der Waals surface area contributed by atoms with E-state index in [4.69, 9.17) is 4.74 Å². The van der Waals surface area contributed by atoms with Crippen LogP contribution in [0.15, 0.2) is 42.6 Å². The van der Waals surface area contributed by atoms with Crippen LogP contribution >= 0.6 is 0 Å². The van der Waals surface area contributed by atoms with Gasteiger partial charge in [-0.2, -0.15) is 5.10 Å². The minimum atomic E-state index is -0.170. The monoisotopic (exact) mass is 406 g/mol. The fourth-order valence-corrected chi connectivity index (χ4v) is 3.77. The zero-order valence-electron chi connectivity index (χ0n) is 17.5. The van der Waals surface area contributed by atoms with E-state index in [9.17, 15) is 9.59 Å². The molecular formula is C23H26N4O3. The highest BCUT2D eigenvalue weighted by molar-refractivity contribution is 5.97. The van der Waals surface area contributed by atoms with Gasteiger partial charge in [0.15, 0.2) is 0 Å². The number of aryl methyl sites for hydroxylation is 2. The van der Waals surface area contributed by atoms with Crippen LogP contribution in [0, 0.1) is 18.8 Å². The molecule has 1 amide bonds. The van der Waals surface area contributed by atoms with Gasteiger partial charge in [-0.1, -0.05) is 18.2 Å². The van der Waals surface area contributed by atoms with E-state index in [2.05, 4.69) is 10.1 Å². The molecule has 30 heavy (non-hydrogen) atoms. The van der Waals surface area contributed by atoms with Crippen molar-refractivity contribution in [3.05, 3.63) is 59.5 Å². The Hall–Kier alpha value is -3.22. The molecule has 1 fully saturated rings. The Bertz CT molecular complexity index is 1070. The van der Waals surface area contributed by atoms with Crippen LogP contribution in [0.2, 0.25) is 0 Å². The molecule has 156 valence electrons. The smallest absolute Gasteiger partial charge is 0.309 e. The number of hydrogen-bond acceptors (Lipinski definition) is 5. The molecule has 2 aromatic heterocycles. The highest BCUT2D eigenvalue weighted by atomic mass is 16.5. The van der Waals surface area contributed by atoms with Crippen molar-refractivity contribution in [1.29, 1.82) is 0 Å². The number of fused-ring (bicyclic) bond motifs is 1. The number of nitrogens with zero attached hydrogens (tertiary/aromatic N) is 4. The summed E-state index contributed by atoms with van der Waals surface area (Å²) in [7, 11) is 1.88. The molecule has 0 spiro atoms. The Morgan fingerprint density at radius 3 is 2.80 bits per heavy atom. The average molecular weight is 406 g/mol. The maximum atomic E-state index is 13.4. The van der Waals surface area contributed by atoms with Crippen LogP contribution in [0.4, 0.5) is 0 Å². The van der Waals surface area contributed by atoms with Crippen molar-refractivity contribution in [2.24, 2.45) is 18.9 Å². The second-order valence-electron chi connectivity index (χ2n) is 7.86. The standard InChI is InChI=1S/C23H26N4O3/c1-4-30-23(29)20-11-18(20)13-27(14-19-9-15(2)26(3)25-19)22(28)17-10-16-7-5-6-8-21(16)24-12-17/h5-10,12,18,20H,4,11,13-14H2,1-3H3/t18-,20+/m1/s1. The van der Waals surface area contributed by atoms with Gasteiger partial charge in [0.05, 0.1) is 35.8 Å². The Morgan fingerprint density at radius 2 is 2.07 bits per heavy atom. The maximum absolute atomic E-state index is 13.4.